The fraction of sp³-hybridized carbons (Fsp3) is 0.588. The fourth-order valence-electron chi connectivity index (χ4n) is 3.20. The minimum atomic E-state index is -2.84. The summed E-state index contributed by atoms with van der Waals surface area (Å²) in [5.41, 5.74) is 0. The molecule has 2 saturated heterocycles. The number of rotatable bonds is 5. The Morgan fingerprint density at radius 2 is 1.93 bits per heavy atom. The third kappa shape index (κ3) is 6.42. The number of nitrogens with zero attached hydrogens (tertiary/aromatic N) is 3. The Balaban J connectivity index is 0.00000196. The monoisotopic (exact) mass is 439 g/mol. The Morgan fingerprint density at radius 3 is 2.50 bits per heavy atom. The quantitative estimate of drug-likeness (QED) is 0.717. The van der Waals surface area contributed by atoms with Gasteiger partial charge in [-0.15, -0.1) is 24.8 Å². The molecule has 2 N–H and O–H groups in total. The van der Waals surface area contributed by atoms with Gasteiger partial charge in [0, 0.05) is 51.8 Å². The smallest absolute Gasteiger partial charge is 0.262 e. The van der Waals surface area contributed by atoms with Crippen LogP contribution < -0.4 is 15.5 Å². The van der Waals surface area contributed by atoms with Crippen molar-refractivity contribution < 1.29 is 18.4 Å². The molecule has 3 rings (SSSR count). The van der Waals surface area contributed by atoms with Crippen LogP contribution in [0.25, 0.3) is 0 Å². The van der Waals surface area contributed by atoms with Gasteiger partial charge < -0.3 is 15.1 Å². The maximum absolute atomic E-state index is 13.1. The highest BCUT2D eigenvalue weighted by molar-refractivity contribution is 5.85. The van der Waals surface area contributed by atoms with Gasteiger partial charge in [0.15, 0.2) is 0 Å². The highest BCUT2D eigenvalue weighted by Crippen LogP contribution is 2.25. The van der Waals surface area contributed by atoms with Crippen LogP contribution in [-0.2, 0) is 9.59 Å². The average molecular weight is 440 g/mol. The van der Waals surface area contributed by atoms with E-state index in [1.165, 1.54) is 0 Å². The molecule has 2 aliphatic heterocycles. The van der Waals surface area contributed by atoms with E-state index < -0.39 is 30.8 Å². The van der Waals surface area contributed by atoms with Gasteiger partial charge in [-0.05, 0) is 12.1 Å². The summed E-state index contributed by atoms with van der Waals surface area (Å²) >= 11 is 0. The van der Waals surface area contributed by atoms with Crippen LogP contribution >= 0.6 is 24.8 Å². The average Bonchev–Trinajstić information content (AvgIpc) is 3.02. The van der Waals surface area contributed by atoms with Crippen LogP contribution in [0.5, 0.6) is 0 Å². The zero-order chi connectivity index (χ0) is 18.6. The van der Waals surface area contributed by atoms with Crippen LogP contribution in [0.2, 0.25) is 0 Å². The van der Waals surface area contributed by atoms with Gasteiger partial charge >= 0.3 is 0 Å². The first kappa shape index (κ1) is 24.3. The second kappa shape index (κ2) is 10.7. The van der Waals surface area contributed by atoms with Crippen molar-refractivity contribution in [2.75, 3.05) is 44.2 Å². The molecule has 1 atom stereocenters. The van der Waals surface area contributed by atoms with Crippen LogP contribution in [0.4, 0.5) is 14.6 Å². The highest BCUT2D eigenvalue weighted by Gasteiger charge is 2.42. The van der Waals surface area contributed by atoms with E-state index in [1.807, 2.05) is 18.2 Å². The number of pyridine rings is 1. The van der Waals surface area contributed by atoms with Gasteiger partial charge in [-0.2, -0.15) is 0 Å². The van der Waals surface area contributed by atoms with Gasteiger partial charge in [0.2, 0.25) is 11.8 Å². The Morgan fingerprint density at radius 1 is 1.21 bits per heavy atom. The van der Waals surface area contributed by atoms with Gasteiger partial charge in [0.05, 0.1) is 12.6 Å². The van der Waals surface area contributed by atoms with Gasteiger partial charge in [0.25, 0.3) is 5.92 Å². The molecule has 2 amide bonds. The minimum Gasteiger partial charge on any atom is -0.354 e. The largest absolute Gasteiger partial charge is 0.354 e. The van der Waals surface area contributed by atoms with Crippen molar-refractivity contribution in [2.24, 2.45) is 0 Å². The van der Waals surface area contributed by atoms with Crippen LogP contribution in [0.1, 0.15) is 12.8 Å². The number of carbonyl (C=O) groups is 2. The summed E-state index contributed by atoms with van der Waals surface area (Å²) < 4.78 is 26.2. The molecule has 28 heavy (non-hydrogen) atoms. The maximum atomic E-state index is 13.1. The molecule has 1 aromatic rings. The third-order valence-electron chi connectivity index (χ3n) is 4.67. The number of hydrogen-bond donors (Lipinski definition) is 2. The van der Waals surface area contributed by atoms with E-state index >= 15 is 0 Å². The van der Waals surface area contributed by atoms with Crippen LogP contribution in [0.15, 0.2) is 24.4 Å². The number of amides is 2. The second-order valence-corrected chi connectivity index (χ2v) is 6.59. The minimum absolute atomic E-state index is 0. The second-order valence-electron chi connectivity index (χ2n) is 6.59. The zero-order valence-corrected chi connectivity index (χ0v) is 16.9. The van der Waals surface area contributed by atoms with Crippen molar-refractivity contribution in [3.63, 3.8) is 0 Å². The Hall–Kier alpha value is -1.71. The van der Waals surface area contributed by atoms with E-state index in [0.717, 1.165) is 5.82 Å². The standard InChI is InChI=1S/C17H23F2N5O2.2ClH/c18-17(19)11-13(22-12-17)16(26)21-6-4-15(25)24-9-7-23(8-10-24)14-3-1-2-5-20-14;;/h1-3,5,13,22H,4,6-12H2,(H,21,26);2*1H. The number of alkyl halides is 2. The molecule has 2 fully saturated rings. The molecule has 158 valence electrons. The molecule has 1 unspecified atom stereocenters. The number of aromatic nitrogens is 1. The van der Waals surface area contributed by atoms with Crippen molar-refractivity contribution in [3.8, 4) is 0 Å². The first-order valence-electron chi connectivity index (χ1n) is 8.77. The molecule has 2 aliphatic rings. The van der Waals surface area contributed by atoms with Crippen LogP contribution in [0.3, 0.4) is 0 Å². The third-order valence-corrected chi connectivity index (χ3v) is 4.67. The lowest BCUT2D eigenvalue weighted by Crippen LogP contribution is -2.49. The molecule has 0 saturated carbocycles. The molecule has 0 bridgehead atoms. The first-order chi connectivity index (χ1) is 12.4. The van der Waals surface area contributed by atoms with Gasteiger partial charge in [0.1, 0.15) is 5.82 Å². The molecule has 0 spiro atoms. The predicted octanol–water partition coefficient (Wildman–Crippen LogP) is 1.08. The Labute approximate surface area is 175 Å². The maximum Gasteiger partial charge on any atom is 0.262 e. The van der Waals surface area contributed by atoms with Crippen molar-refractivity contribution in [3.05, 3.63) is 24.4 Å². The summed E-state index contributed by atoms with van der Waals surface area (Å²) in [4.78, 5) is 32.3. The van der Waals surface area contributed by atoms with Crippen molar-refractivity contribution in [2.45, 2.75) is 24.8 Å². The first-order valence-corrected chi connectivity index (χ1v) is 8.77. The Kier molecular flexibility index (Phi) is 9.32. The molecule has 0 aromatic carbocycles. The zero-order valence-electron chi connectivity index (χ0n) is 15.3. The SMILES string of the molecule is Cl.Cl.O=C(NCCC(=O)N1CCN(c2ccccn2)CC1)C1CC(F)(F)CN1. The summed E-state index contributed by atoms with van der Waals surface area (Å²) in [5, 5.41) is 5.06. The van der Waals surface area contributed by atoms with Gasteiger partial charge in [-0.1, -0.05) is 6.07 Å². The van der Waals surface area contributed by atoms with Crippen molar-refractivity contribution in [1.82, 2.24) is 20.5 Å². The number of piperazine rings is 1. The van der Waals surface area contributed by atoms with Gasteiger partial charge in [-0.25, -0.2) is 13.8 Å². The number of halogens is 4. The van der Waals surface area contributed by atoms with E-state index in [-0.39, 0.29) is 43.7 Å². The number of anilines is 1. The van der Waals surface area contributed by atoms with Crippen molar-refractivity contribution in [1.29, 1.82) is 0 Å². The normalized spacial score (nSPS) is 20.7. The van der Waals surface area contributed by atoms with Gasteiger partial charge in [-0.3, -0.25) is 14.9 Å². The summed E-state index contributed by atoms with van der Waals surface area (Å²) in [6, 6.07) is 4.84. The topological polar surface area (TPSA) is 77.6 Å². The van der Waals surface area contributed by atoms with E-state index in [4.69, 9.17) is 0 Å². The van der Waals surface area contributed by atoms with E-state index in [9.17, 15) is 18.4 Å². The number of carbonyl (C=O) groups excluding carboxylic acids is 2. The molecule has 0 radical (unpaired) electrons. The lowest BCUT2D eigenvalue weighted by atomic mass is 10.2. The highest BCUT2D eigenvalue weighted by atomic mass is 35.5. The molecule has 0 aliphatic carbocycles. The summed E-state index contributed by atoms with van der Waals surface area (Å²) in [5.74, 6) is -2.47. The summed E-state index contributed by atoms with van der Waals surface area (Å²) in [7, 11) is 0. The molecule has 3 heterocycles. The summed E-state index contributed by atoms with van der Waals surface area (Å²) in [6.07, 6.45) is 1.41. The van der Waals surface area contributed by atoms with E-state index in [0.29, 0.717) is 26.2 Å². The number of hydrogen-bond acceptors (Lipinski definition) is 5. The van der Waals surface area contributed by atoms with E-state index in [1.54, 1.807) is 11.1 Å². The predicted molar refractivity (Wildman–Crippen MR) is 107 cm³/mol. The van der Waals surface area contributed by atoms with Crippen LogP contribution in [-0.4, -0.2) is 72.9 Å². The summed E-state index contributed by atoms with van der Waals surface area (Å²) in [6.45, 7) is 2.28. The lowest BCUT2D eigenvalue weighted by Gasteiger charge is -2.35. The molecule has 7 nitrogen and oxygen atoms in total. The Bertz CT molecular complexity index is 646. The van der Waals surface area contributed by atoms with Crippen LogP contribution in [0, 0.1) is 0 Å². The lowest BCUT2D eigenvalue weighted by molar-refractivity contribution is -0.131. The number of nitrogens with one attached hydrogen (secondary N) is 2. The molecular weight excluding hydrogens is 415 g/mol. The molecule has 11 heteroatoms. The molecule has 1 aromatic heterocycles. The van der Waals surface area contributed by atoms with E-state index in [2.05, 4.69) is 20.5 Å². The fourth-order valence-corrected chi connectivity index (χ4v) is 3.20. The van der Waals surface area contributed by atoms with Crippen molar-refractivity contribution >= 4 is 42.4 Å². The molecular formula is C17H25Cl2F2N5O2.